The molecule has 98 valence electrons. The molecule has 0 bridgehead atoms. The van der Waals surface area contributed by atoms with E-state index in [2.05, 4.69) is 16.8 Å². The third kappa shape index (κ3) is 2.63. The van der Waals surface area contributed by atoms with E-state index in [9.17, 15) is 4.79 Å². The van der Waals surface area contributed by atoms with Gasteiger partial charge in [0.25, 0.3) is 0 Å². The number of carboxylic acids is 1. The quantitative estimate of drug-likeness (QED) is 0.817. The topological polar surface area (TPSA) is 69.8 Å². The van der Waals surface area contributed by atoms with Crippen molar-refractivity contribution < 1.29 is 9.90 Å². The van der Waals surface area contributed by atoms with Crippen LogP contribution in [0.3, 0.4) is 0 Å². The molecule has 18 heavy (non-hydrogen) atoms. The minimum atomic E-state index is -0.989. The van der Waals surface area contributed by atoms with Gasteiger partial charge in [-0.15, -0.1) is 0 Å². The van der Waals surface area contributed by atoms with Gasteiger partial charge in [-0.25, -0.2) is 0 Å². The van der Waals surface area contributed by atoms with E-state index in [1.54, 1.807) is 6.07 Å². The van der Waals surface area contributed by atoms with Crippen molar-refractivity contribution in [2.45, 2.75) is 6.04 Å². The van der Waals surface area contributed by atoms with E-state index in [-0.39, 0.29) is 0 Å². The van der Waals surface area contributed by atoms with Crippen LogP contribution in [0.15, 0.2) is 24.3 Å². The fraction of sp³-hybridized carbons (Fsp3) is 0.462. The van der Waals surface area contributed by atoms with Crippen molar-refractivity contribution in [2.75, 3.05) is 38.1 Å². The molecule has 0 aromatic heterocycles. The Hall–Kier alpha value is -1.59. The van der Waals surface area contributed by atoms with Gasteiger partial charge in [0.1, 0.15) is 6.04 Å². The number of aliphatic carboxylic acids is 1. The first kappa shape index (κ1) is 12.9. The Bertz CT molecular complexity index is 428. The lowest BCUT2D eigenvalue weighted by molar-refractivity contribution is -0.138. The zero-order valence-corrected chi connectivity index (χ0v) is 10.5. The summed E-state index contributed by atoms with van der Waals surface area (Å²) >= 11 is 0. The summed E-state index contributed by atoms with van der Waals surface area (Å²) in [4.78, 5) is 15.5. The normalized spacial score (nSPS) is 18.7. The average molecular weight is 249 g/mol. The summed E-state index contributed by atoms with van der Waals surface area (Å²) in [7, 11) is 2.09. The summed E-state index contributed by atoms with van der Waals surface area (Å²) in [6.45, 7) is 3.77. The van der Waals surface area contributed by atoms with E-state index in [1.807, 2.05) is 18.2 Å². The van der Waals surface area contributed by atoms with E-state index in [0.717, 1.165) is 31.9 Å². The molecule has 2 rings (SSSR count). The molecule has 1 heterocycles. The van der Waals surface area contributed by atoms with Crippen molar-refractivity contribution in [1.82, 2.24) is 4.90 Å². The molecule has 1 aromatic carbocycles. The van der Waals surface area contributed by atoms with Crippen LogP contribution in [0.2, 0.25) is 0 Å². The van der Waals surface area contributed by atoms with Crippen LogP contribution in [0.5, 0.6) is 0 Å². The number of rotatable bonds is 3. The number of hydrogen-bond acceptors (Lipinski definition) is 4. The second-order valence-electron chi connectivity index (χ2n) is 4.67. The molecule has 3 N–H and O–H groups in total. The van der Waals surface area contributed by atoms with Crippen LogP contribution in [0.1, 0.15) is 11.6 Å². The number of likely N-dealkylation sites (N-methyl/N-ethyl adjacent to an activating group) is 1. The minimum Gasteiger partial charge on any atom is -0.480 e. The van der Waals surface area contributed by atoms with Crippen LogP contribution < -0.4 is 10.6 Å². The zero-order chi connectivity index (χ0) is 13.1. The first-order chi connectivity index (χ1) is 8.59. The van der Waals surface area contributed by atoms with Crippen molar-refractivity contribution in [1.29, 1.82) is 0 Å². The van der Waals surface area contributed by atoms with Crippen molar-refractivity contribution in [3.8, 4) is 0 Å². The summed E-state index contributed by atoms with van der Waals surface area (Å²) < 4.78 is 0. The smallest absolute Gasteiger partial charge is 0.325 e. The molecule has 0 amide bonds. The Kier molecular flexibility index (Phi) is 3.84. The fourth-order valence-electron chi connectivity index (χ4n) is 2.22. The minimum absolute atomic E-state index is 0.689. The Morgan fingerprint density at radius 2 is 1.89 bits per heavy atom. The predicted octanol–water partition coefficient (Wildman–Crippen LogP) is 0.523. The lowest BCUT2D eigenvalue weighted by atomic mass is 10.0. The van der Waals surface area contributed by atoms with Crippen molar-refractivity contribution in [2.24, 2.45) is 5.73 Å². The van der Waals surface area contributed by atoms with Crippen LogP contribution in [-0.2, 0) is 4.79 Å². The summed E-state index contributed by atoms with van der Waals surface area (Å²) in [5, 5.41) is 9.05. The number of nitrogens with two attached hydrogens (primary N) is 1. The second-order valence-corrected chi connectivity index (χ2v) is 4.67. The first-order valence-electron chi connectivity index (χ1n) is 6.10. The summed E-state index contributed by atoms with van der Waals surface area (Å²) in [5.74, 6) is -0.989. The van der Waals surface area contributed by atoms with E-state index < -0.39 is 12.0 Å². The molecule has 1 aromatic rings. The number of nitrogens with zero attached hydrogens (tertiary/aromatic N) is 2. The third-order valence-electron chi connectivity index (χ3n) is 3.38. The molecule has 1 saturated heterocycles. The predicted molar refractivity (Wildman–Crippen MR) is 70.7 cm³/mol. The van der Waals surface area contributed by atoms with Gasteiger partial charge in [0.2, 0.25) is 0 Å². The SMILES string of the molecule is CN1CCN(c2ccccc2C(N)C(=O)O)CC1. The lowest BCUT2D eigenvalue weighted by Crippen LogP contribution is -2.45. The number of carbonyl (C=O) groups is 1. The number of piperazine rings is 1. The Labute approximate surface area is 107 Å². The summed E-state index contributed by atoms with van der Waals surface area (Å²) in [5.41, 5.74) is 7.37. The van der Waals surface area contributed by atoms with Crippen LogP contribution in [0.4, 0.5) is 5.69 Å². The zero-order valence-electron chi connectivity index (χ0n) is 10.5. The summed E-state index contributed by atoms with van der Waals surface area (Å²) in [6, 6.07) is 6.54. The maximum absolute atomic E-state index is 11.0. The Morgan fingerprint density at radius 3 is 2.50 bits per heavy atom. The highest BCUT2D eigenvalue weighted by molar-refractivity contribution is 5.78. The van der Waals surface area contributed by atoms with E-state index in [4.69, 9.17) is 10.8 Å². The average Bonchev–Trinajstić information content (AvgIpc) is 2.39. The van der Waals surface area contributed by atoms with Gasteiger partial charge in [-0.1, -0.05) is 18.2 Å². The third-order valence-corrected chi connectivity index (χ3v) is 3.38. The summed E-state index contributed by atoms with van der Waals surface area (Å²) in [6.07, 6.45) is 0. The highest BCUT2D eigenvalue weighted by Gasteiger charge is 2.22. The van der Waals surface area contributed by atoms with Crippen molar-refractivity contribution in [3.05, 3.63) is 29.8 Å². The van der Waals surface area contributed by atoms with Gasteiger partial charge in [-0.05, 0) is 13.1 Å². The van der Waals surface area contributed by atoms with Gasteiger partial charge in [0, 0.05) is 37.4 Å². The van der Waals surface area contributed by atoms with E-state index in [0.29, 0.717) is 5.56 Å². The lowest BCUT2D eigenvalue weighted by Gasteiger charge is -2.35. The number of anilines is 1. The van der Waals surface area contributed by atoms with Crippen molar-refractivity contribution >= 4 is 11.7 Å². The molecule has 1 aliphatic rings. The maximum Gasteiger partial charge on any atom is 0.325 e. The highest BCUT2D eigenvalue weighted by atomic mass is 16.4. The van der Waals surface area contributed by atoms with Gasteiger partial charge >= 0.3 is 5.97 Å². The maximum atomic E-state index is 11.0. The molecular formula is C13H19N3O2. The van der Waals surface area contributed by atoms with Crippen LogP contribution in [0, 0.1) is 0 Å². The highest BCUT2D eigenvalue weighted by Crippen LogP contribution is 2.26. The standard InChI is InChI=1S/C13H19N3O2/c1-15-6-8-16(9-7-15)11-5-3-2-4-10(11)12(14)13(17)18/h2-5,12H,6-9,14H2,1H3,(H,17,18). The van der Waals surface area contributed by atoms with Crippen molar-refractivity contribution in [3.63, 3.8) is 0 Å². The van der Waals surface area contributed by atoms with Crippen LogP contribution in [0.25, 0.3) is 0 Å². The van der Waals surface area contributed by atoms with Gasteiger partial charge < -0.3 is 20.6 Å². The molecule has 5 heteroatoms. The number of benzene rings is 1. The Morgan fingerprint density at radius 1 is 1.28 bits per heavy atom. The molecule has 1 aliphatic heterocycles. The first-order valence-corrected chi connectivity index (χ1v) is 6.10. The molecule has 0 aliphatic carbocycles. The molecule has 0 radical (unpaired) electrons. The fourth-order valence-corrected chi connectivity index (χ4v) is 2.22. The largest absolute Gasteiger partial charge is 0.480 e. The number of para-hydroxylation sites is 1. The van der Waals surface area contributed by atoms with E-state index >= 15 is 0 Å². The van der Waals surface area contributed by atoms with Crippen LogP contribution >= 0.6 is 0 Å². The van der Waals surface area contributed by atoms with Gasteiger partial charge in [0.15, 0.2) is 0 Å². The molecule has 1 atom stereocenters. The van der Waals surface area contributed by atoms with E-state index in [1.165, 1.54) is 0 Å². The van der Waals surface area contributed by atoms with Gasteiger partial charge in [-0.3, -0.25) is 4.79 Å². The Balaban J connectivity index is 2.24. The molecule has 0 saturated carbocycles. The molecule has 1 unspecified atom stereocenters. The molecule has 1 fully saturated rings. The second kappa shape index (κ2) is 5.37. The van der Waals surface area contributed by atoms with Crippen LogP contribution in [-0.4, -0.2) is 49.2 Å². The molecular weight excluding hydrogens is 230 g/mol. The number of hydrogen-bond donors (Lipinski definition) is 2. The molecule has 0 spiro atoms. The number of carboxylic acid groups (broad SMARTS) is 1. The van der Waals surface area contributed by atoms with Gasteiger partial charge in [0.05, 0.1) is 0 Å². The van der Waals surface area contributed by atoms with Gasteiger partial charge in [-0.2, -0.15) is 0 Å². The monoisotopic (exact) mass is 249 g/mol. The molecule has 5 nitrogen and oxygen atoms in total.